The maximum Gasteiger partial charge on any atom is 0.263 e. The Morgan fingerprint density at radius 1 is 1.03 bits per heavy atom. The van der Waals surface area contributed by atoms with E-state index in [1.165, 1.54) is 18.2 Å². The van der Waals surface area contributed by atoms with E-state index in [0.717, 1.165) is 11.1 Å². The Hall–Kier alpha value is -3.23. The van der Waals surface area contributed by atoms with Gasteiger partial charge in [-0.15, -0.1) is 0 Å². The number of sulfonamides is 1. The largest absolute Gasteiger partial charge is 0.486 e. The number of benzene rings is 3. The van der Waals surface area contributed by atoms with Gasteiger partial charge < -0.3 is 14.8 Å². The normalized spacial score (nSPS) is 15.1. The topological polar surface area (TPSA) is 93.7 Å². The quantitative estimate of drug-likeness (QED) is 0.541. The molecule has 0 saturated carbocycles. The van der Waals surface area contributed by atoms with Crippen molar-refractivity contribution in [1.82, 2.24) is 5.32 Å². The third-order valence-corrected chi connectivity index (χ3v) is 7.16. The van der Waals surface area contributed by atoms with Crippen LogP contribution >= 0.6 is 11.6 Å². The summed E-state index contributed by atoms with van der Waals surface area (Å²) in [6, 6.07) is 16.7. The highest BCUT2D eigenvalue weighted by Crippen LogP contribution is 2.31. The molecule has 0 spiro atoms. The first-order valence-corrected chi connectivity index (χ1v) is 12.2. The lowest BCUT2D eigenvalue weighted by Crippen LogP contribution is -2.40. The van der Waals surface area contributed by atoms with Gasteiger partial charge in [0.25, 0.3) is 15.9 Å². The maximum atomic E-state index is 13.0. The van der Waals surface area contributed by atoms with E-state index in [9.17, 15) is 13.2 Å². The molecule has 3 aromatic carbocycles. The summed E-state index contributed by atoms with van der Waals surface area (Å²) in [4.78, 5) is 12.5. The van der Waals surface area contributed by atoms with Gasteiger partial charge in [0.15, 0.2) is 11.5 Å². The average Bonchev–Trinajstić information content (AvgIpc) is 2.79. The molecule has 33 heavy (non-hydrogen) atoms. The molecule has 0 radical (unpaired) electrons. The second-order valence-corrected chi connectivity index (χ2v) is 9.82. The number of anilines is 1. The lowest BCUT2D eigenvalue weighted by molar-refractivity contribution is 0.0789. The number of halogens is 1. The summed E-state index contributed by atoms with van der Waals surface area (Å²) in [5, 5.41) is 2.78. The van der Waals surface area contributed by atoms with E-state index in [2.05, 4.69) is 10.0 Å². The summed E-state index contributed by atoms with van der Waals surface area (Å²) >= 11 is 6.17. The smallest absolute Gasteiger partial charge is 0.263 e. The van der Waals surface area contributed by atoms with E-state index in [4.69, 9.17) is 21.1 Å². The Kier molecular flexibility index (Phi) is 6.49. The lowest BCUT2D eigenvalue weighted by atomic mass is 10.1. The van der Waals surface area contributed by atoms with Crippen molar-refractivity contribution in [1.29, 1.82) is 0 Å². The van der Waals surface area contributed by atoms with Crippen molar-refractivity contribution in [3.63, 3.8) is 0 Å². The summed E-state index contributed by atoms with van der Waals surface area (Å²) in [5.74, 6) is 0.820. The summed E-state index contributed by atoms with van der Waals surface area (Å²) in [6.07, 6.45) is -0.370. The minimum Gasteiger partial charge on any atom is -0.486 e. The third-order valence-electron chi connectivity index (χ3n) is 5.30. The van der Waals surface area contributed by atoms with E-state index >= 15 is 0 Å². The molecule has 0 unspecified atom stereocenters. The summed E-state index contributed by atoms with van der Waals surface area (Å²) in [5.41, 5.74) is 2.58. The first kappa shape index (κ1) is 22.9. The molecule has 4 rings (SSSR count). The zero-order valence-electron chi connectivity index (χ0n) is 18.1. The molecule has 0 bridgehead atoms. The van der Waals surface area contributed by atoms with Gasteiger partial charge in [-0.05, 0) is 67.4 Å². The van der Waals surface area contributed by atoms with Crippen molar-refractivity contribution < 1.29 is 22.7 Å². The Bertz CT molecular complexity index is 1310. The molecule has 9 heteroatoms. The minimum absolute atomic E-state index is 0.0171. The van der Waals surface area contributed by atoms with Crippen molar-refractivity contribution in [3.05, 3.63) is 82.4 Å². The number of hydrogen-bond donors (Lipinski definition) is 2. The Morgan fingerprint density at radius 2 is 1.79 bits per heavy atom. The molecular formula is C24H23ClN2O5S. The van der Waals surface area contributed by atoms with Crippen molar-refractivity contribution in [3.8, 4) is 11.5 Å². The number of amides is 1. The number of fused-ring (bicyclic) bond motifs is 1. The highest BCUT2D eigenvalue weighted by Gasteiger charge is 2.23. The van der Waals surface area contributed by atoms with Crippen LogP contribution in [0.1, 0.15) is 21.5 Å². The zero-order chi connectivity index (χ0) is 23.6. The van der Waals surface area contributed by atoms with E-state index in [-0.39, 0.29) is 34.7 Å². The molecule has 0 fully saturated rings. The van der Waals surface area contributed by atoms with E-state index in [1.807, 2.05) is 38.1 Å². The lowest BCUT2D eigenvalue weighted by Gasteiger charge is -2.26. The van der Waals surface area contributed by atoms with Crippen LogP contribution < -0.4 is 19.5 Å². The van der Waals surface area contributed by atoms with Gasteiger partial charge in [0.05, 0.1) is 11.6 Å². The minimum atomic E-state index is -4.01. The van der Waals surface area contributed by atoms with Crippen LogP contribution in [0.3, 0.4) is 0 Å². The Balaban J connectivity index is 1.46. The molecule has 7 nitrogen and oxygen atoms in total. The summed E-state index contributed by atoms with van der Waals surface area (Å²) < 4.78 is 39.9. The fourth-order valence-corrected chi connectivity index (χ4v) is 4.91. The predicted molar refractivity (Wildman–Crippen MR) is 127 cm³/mol. The molecule has 0 aromatic heterocycles. The molecular weight excluding hydrogens is 464 g/mol. The van der Waals surface area contributed by atoms with Crippen LogP contribution in [-0.2, 0) is 10.0 Å². The van der Waals surface area contributed by atoms with Gasteiger partial charge in [0, 0.05) is 11.3 Å². The number of rotatable bonds is 6. The highest BCUT2D eigenvalue weighted by molar-refractivity contribution is 7.92. The van der Waals surface area contributed by atoms with Crippen molar-refractivity contribution in [2.75, 3.05) is 17.9 Å². The number of ether oxygens (including phenoxy) is 2. The van der Waals surface area contributed by atoms with E-state index < -0.39 is 15.9 Å². The fourth-order valence-electron chi connectivity index (χ4n) is 3.34. The maximum absolute atomic E-state index is 13.0. The van der Waals surface area contributed by atoms with Crippen molar-refractivity contribution in [2.45, 2.75) is 24.8 Å². The molecule has 0 saturated heterocycles. The van der Waals surface area contributed by atoms with Gasteiger partial charge >= 0.3 is 0 Å². The molecule has 1 aliphatic heterocycles. The second-order valence-electron chi connectivity index (χ2n) is 7.76. The monoisotopic (exact) mass is 486 g/mol. The molecule has 1 aliphatic rings. The van der Waals surface area contributed by atoms with Gasteiger partial charge in [-0.3, -0.25) is 9.52 Å². The first-order chi connectivity index (χ1) is 15.7. The van der Waals surface area contributed by atoms with E-state index in [1.54, 1.807) is 18.2 Å². The number of carbonyl (C=O) groups is 1. The standard InChI is InChI=1S/C24H23ClN2O5S/c1-15-7-9-18(11-16(15)2)27-33(29,30)23-12-17(8-10-20(23)25)24(28)26-13-19-14-31-21-5-3-4-6-22(21)32-19/h3-12,19,27H,13-14H2,1-2H3,(H,26,28)/t19-/m0/s1. The number of nitrogens with one attached hydrogen (secondary N) is 2. The van der Waals surface area contributed by atoms with Gasteiger partial charge in [-0.1, -0.05) is 29.8 Å². The van der Waals surface area contributed by atoms with Gasteiger partial charge in [0.1, 0.15) is 17.6 Å². The number of hydrogen-bond acceptors (Lipinski definition) is 5. The first-order valence-electron chi connectivity index (χ1n) is 10.3. The molecule has 1 amide bonds. The Labute approximate surface area is 197 Å². The molecule has 1 atom stereocenters. The van der Waals surface area contributed by atoms with Crippen LogP contribution in [0.4, 0.5) is 5.69 Å². The molecule has 0 aliphatic carbocycles. The van der Waals surface area contributed by atoms with E-state index in [0.29, 0.717) is 17.2 Å². The summed E-state index contributed by atoms with van der Waals surface area (Å²) in [6.45, 7) is 4.32. The summed E-state index contributed by atoms with van der Waals surface area (Å²) in [7, 11) is -4.01. The number of aryl methyl sites for hydroxylation is 2. The van der Waals surface area contributed by atoms with Crippen LogP contribution in [-0.4, -0.2) is 33.6 Å². The van der Waals surface area contributed by atoms with Crippen LogP contribution in [0.25, 0.3) is 0 Å². The predicted octanol–water partition coefficient (Wildman–Crippen LogP) is 4.33. The number of carbonyl (C=O) groups excluding carboxylic acids is 1. The van der Waals surface area contributed by atoms with Gasteiger partial charge in [-0.25, -0.2) is 8.42 Å². The van der Waals surface area contributed by atoms with Gasteiger partial charge in [-0.2, -0.15) is 0 Å². The van der Waals surface area contributed by atoms with Crippen molar-refractivity contribution in [2.24, 2.45) is 0 Å². The van der Waals surface area contributed by atoms with Gasteiger partial charge in [0.2, 0.25) is 0 Å². The molecule has 2 N–H and O–H groups in total. The van der Waals surface area contributed by atoms with Crippen LogP contribution in [0.15, 0.2) is 65.6 Å². The second kappa shape index (κ2) is 9.33. The zero-order valence-corrected chi connectivity index (χ0v) is 19.7. The average molecular weight is 487 g/mol. The van der Waals surface area contributed by atoms with Crippen LogP contribution in [0.5, 0.6) is 11.5 Å². The molecule has 172 valence electrons. The third kappa shape index (κ3) is 5.23. The van der Waals surface area contributed by atoms with Crippen LogP contribution in [0.2, 0.25) is 5.02 Å². The SMILES string of the molecule is Cc1ccc(NS(=O)(=O)c2cc(C(=O)NC[C@H]3COc4ccccc4O3)ccc2Cl)cc1C. The molecule has 1 heterocycles. The van der Waals surface area contributed by atoms with Crippen LogP contribution in [0, 0.1) is 13.8 Å². The highest BCUT2D eigenvalue weighted by atomic mass is 35.5. The van der Waals surface area contributed by atoms with Crippen molar-refractivity contribution >= 4 is 33.2 Å². The number of para-hydroxylation sites is 2. The Morgan fingerprint density at radius 3 is 2.55 bits per heavy atom. The molecule has 3 aromatic rings. The fraction of sp³-hybridized carbons (Fsp3) is 0.208.